The van der Waals surface area contributed by atoms with Crippen molar-refractivity contribution in [3.63, 3.8) is 0 Å². The van der Waals surface area contributed by atoms with E-state index in [9.17, 15) is 9.90 Å². The first-order valence-corrected chi connectivity index (χ1v) is 6.63. The summed E-state index contributed by atoms with van der Waals surface area (Å²) >= 11 is 9.09. The van der Waals surface area contributed by atoms with Crippen molar-refractivity contribution in [2.75, 3.05) is 6.54 Å². The highest BCUT2D eigenvalue weighted by molar-refractivity contribution is 9.10. The Morgan fingerprint density at radius 3 is 2.76 bits per heavy atom. The van der Waals surface area contributed by atoms with Gasteiger partial charge in [0, 0.05) is 16.0 Å². The van der Waals surface area contributed by atoms with Crippen LogP contribution in [0.25, 0.3) is 0 Å². The van der Waals surface area contributed by atoms with E-state index in [0.29, 0.717) is 21.6 Å². The number of carbonyl (C=O) groups is 1. The predicted octanol–water partition coefficient (Wildman–Crippen LogP) is 2.75. The average molecular weight is 319 g/mol. The van der Waals surface area contributed by atoms with Crippen molar-refractivity contribution in [2.24, 2.45) is 0 Å². The highest BCUT2D eigenvalue weighted by atomic mass is 79.9. The molecule has 0 spiro atoms. The summed E-state index contributed by atoms with van der Waals surface area (Å²) in [6.07, 6.45) is 2.54. The van der Waals surface area contributed by atoms with Gasteiger partial charge < -0.3 is 10.4 Å². The molecule has 0 radical (unpaired) electrons. The highest BCUT2D eigenvalue weighted by Gasteiger charge is 2.34. The van der Waals surface area contributed by atoms with Crippen molar-refractivity contribution in [2.45, 2.75) is 24.9 Å². The van der Waals surface area contributed by atoms with Gasteiger partial charge in [0.25, 0.3) is 5.91 Å². The Morgan fingerprint density at radius 2 is 2.24 bits per heavy atom. The molecular weight excluding hydrogens is 305 g/mol. The summed E-state index contributed by atoms with van der Waals surface area (Å²) < 4.78 is 0.656. The zero-order valence-corrected chi connectivity index (χ0v) is 11.5. The SMILES string of the molecule is O=C(NCC1(O)CCC1)c1ccc(Cl)cc1Br. The fourth-order valence-electron chi connectivity index (χ4n) is 1.78. The largest absolute Gasteiger partial charge is 0.388 e. The normalized spacial score (nSPS) is 17.4. The first kappa shape index (κ1) is 12.9. The van der Waals surface area contributed by atoms with Gasteiger partial charge in [-0.05, 0) is 53.4 Å². The molecule has 2 rings (SSSR count). The van der Waals surface area contributed by atoms with Gasteiger partial charge in [0.1, 0.15) is 0 Å². The van der Waals surface area contributed by atoms with E-state index in [2.05, 4.69) is 21.2 Å². The molecule has 3 nitrogen and oxygen atoms in total. The number of aliphatic hydroxyl groups is 1. The third kappa shape index (κ3) is 3.00. The van der Waals surface area contributed by atoms with Gasteiger partial charge >= 0.3 is 0 Å². The maximum Gasteiger partial charge on any atom is 0.252 e. The van der Waals surface area contributed by atoms with E-state index in [1.54, 1.807) is 18.2 Å². The molecule has 0 atom stereocenters. The Kier molecular flexibility index (Phi) is 3.76. The summed E-state index contributed by atoms with van der Waals surface area (Å²) in [4.78, 5) is 11.9. The topological polar surface area (TPSA) is 49.3 Å². The maximum absolute atomic E-state index is 11.9. The van der Waals surface area contributed by atoms with Crippen LogP contribution >= 0.6 is 27.5 Å². The molecule has 0 unspecified atom stereocenters. The minimum Gasteiger partial charge on any atom is -0.388 e. The van der Waals surface area contributed by atoms with E-state index in [0.717, 1.165) is 19.3 Å². The monoisotopic (exact) mass is 317 g/mol. The molecule has 0 heterocycles. The fraction of sp³-hybridized carbons (Fsp3) is 0.417. The smallest absolute Gasteiger partial charge is 0.252 e. The van der Waals surface area contributed by atoms with Crippen molar-refractivity contribution >= 4 is 33.4 Å². The second-order valence-electron chi connectivity index (χ2n) is 4.38. The molecule has 1 aromatic carbocycles. The van der Waals surface area contributed by atoms with Crippen LogP contribution in [-0.4, -0.2) is 23.2 Å². The van der Waals surface area contributed by atoms with Gasteiger partial charge in [0.05, 0.1) is 11.2 Å². The average Bonchev–Trinajstić information content (AvgIpc) is 2.23. The first-order valence-electron chi connectivity index (χ1n) is 5.46. The number of halogens is 2. The number of benzene rings is 1. The van der Waals surface area contributed by atoms with Crippen molar-refractivity contribution < 1.29 is 9.90 Å². The van der Waals surface area contributed by atoms with Gasteiger partial charge in [-0.2, -0.15) is 0 Å². The second-order valence-corrected chi connectivity index (χ2v) is 5.68. The van der Waals surface area contributed by atoms with E-state index in [4.69, 9.17) is 11.6 Å². The lowest BCUT2D eigenvalue weighted by molar-refractivity contribution is -0.0300. The van der Waals surface area contributed by atoms with Crippen LogP contribution in [0.5, 0.6) is 0 Å². The summed E-state index contributed by atoms with van der Waals surface area (Å²) in [5, 5.41) is 13.2. The van der Waals surface area contributed by atoms with E-state index in [1.807, 2.05) is 0 Å². The third-order valence-corrected chi connectivity index (χ3v) is 3.93. The van der Waals surface area contributed by atoms with E-state index in [-0.39, 0.29) is 5.91 Å². The van der Waals surface area contributed by atoms with Crippen LogP contribution in [-0.2, 0) is 0 Å². The van der Waals surface area contributed by atoms with Gasteiger partial charge in [-0.25, -0.2) is 0 Å². The molecular formula is C12H13BrClNO2. The van der Waals surface area contributed by atoms with Gasteiger partial charge in [-0.1, -0.05) is 11.6 Å². The zero-order valence-electron chi connectivity index (χ0n) is 9.17. The Morgan fingerprint density at radius 1 is 1.53 bits per heavy atom. The zero-order chi connectivity index (χ0) is 12.5. The number of rotatable bonds is 3. The van der Waals surface area contributed by atoms with Crippen molar-refractivity contribution in [1.82, 2.24) is 5.32 Å². The van der Waals surface area contributed by atoms with Gasteiger partial charge in [0.2, 0.25) is 0 Å². The molecule has 2 N–H and O–H groups in total. The fourth-order valence-corrected chi connectivity index (χ4v) is 2.64. The summed E-state index contributed by atoms with van der Waals surface area (Å²) in [5.74, 6) is -0.200. The van der Waals surface area contributed by atoms with Crippen molar-refractivity contribution in [3.05, 3.63) is 33.3 Å². The number of nitrogens with one attached hydrogen (secondary N) is 1. The van der Waals surface area contributed by atoms with Crippen LogP contribution in [0.1, 0.15) is 29.6 Å². The molecule has 0 aromatic heterocycles. The Hall–Kier alpha value is -0.580. The molecule has 1 amide bonds. The van der Waals surface area contributed by atoms with Crippen molar-refractivity contribution in [3.8, 4) is 0 Å². The molecule has 1 aliphatic carbocycles. The third-order valence-electron chi connectivity index (χ3n) is 3.04. The van der Waals surface area contributed by atoms with Crippen LogP contribution in [0.15, 0.2) is 22.7 Å². The summed E-state index contributed by atoms with van der Waals surface area (Å²) in [6.45, 7) is 0.306. The summed E-state index contributed by atoms with van der Waals surface area (Å²) in [7, 11) is 0. The Labute approximate surface area is 113 Å². The first-order chi connectivity index (χ1) is 8.00. The summed E-state index contributed by atoms with van der Waals surface area (Å²) in [6, 6.07) is 5.00. The van der Waals surface area contributed by atoms with Crippen LogP contribution in [0.4, 0.5) is 0 Å². The quantitative estimate of drug-likeness (QED) is 0.900. The van der Waals surface area contributed by atoms with Crippen LogP contribution in [0.2, 0.25) is 5.02 Å². The van der Waals surface area contributed by atoms with E-state index in [1.165, 1.54) is 0 Å². The van der Waals surface area contributed by atoms with Crippen LogP contribution < -0.4 is 5.32 Å². The number of amides is 1. The molecule has 92 valence electrons. The Balaban J connectivity index is 1.99. The lowest BCUT2D eigenvalue weighted by Crippen LogP contribution is -2.47. The van der Waals surface area contributed by atoms with Gasteiger partial charge in [-0.15, -0.1) is 0 Å². The van der Waals surface area contributed by atoms with Gasteiger partial charge in [-0.3, -0.25) is 4.79 Å². The number of carbonyl (C=O) groups excluding carboxylic acids is 1. The molecule has 0 bridgehead atoms. The van der Waals surface area contributed by atoms with E-state index < -0.39 is 5.60 Å². The lowest BCUT2D eigenvalue weighted by atomic mass is 9.80. The molecule has 1 aliphatic rings. The molecule has 1 aromatic rings. The van der Waals surface area contributed by atoms with Crippen molar-refractivity contribution in [1.29, 1.82) is 0 Å². The Bertz CT molecular complexity index is 446. The second kappa shape index (κ2) is 4.96. The van der Waals surface area contributed by atoms with Crippen LogP contribution in [0.3, 0.4) is 0 Å². The lowest BCUT2D eigenvalue weighted by Gasteiger charge is -2.36. The number of hydrogen-bond donors (Lipinski definition) is 2. The van der Waals surface area contributed by atoms with E-state index >= 15 is 0 Å². The minimum atomic E-state index is -0.700. The molecule has 5 heteroatoms. The number of hydrogen-bond acceptors (Lipinski definition) is 2. The highest BCUT2D eigenvalue weighted by Crippen LogP contribution is 2.30. The maximum atomic E-state index is 11.9. The van der Waals surface area contributed by atoms with Gasteiger partial charge in [0.15, 0.2) is 0 Å². The summed E-state index contributed by atoms with van der Waals surface area (Å²) in [5.41, 5.74) is -0.175. The standard InChI is InChI=1S/C12H13BrClNO2/c13-10-6-8(14)2-3-9(10)11(16)15-7-12(17)4-1-5-12/h2-3,6,17H,1,4-5,7H2,(H,15,16). The molecule has 1 fully saturated rings. The minimum absolute atomic E-state index is 0.200. The molecule has 17 heavy (non-hydrogen) atoms. The predicted molar refractivity (Wildman–Crippen MR) is 70.3 cm³/mol. The molecule has 0 saturated heterocycles. The molecule has 0 aliphatic heterocycles. The van der Waals surface area contributed by atoms with Crippen LogP contribution in [0, 0.1) is 0 Å². The molecule has 1 saturated carbocycles.